The first-order chi connectivity index (χ1) is 8.90. The molecule has 1 heterocycles. The minimum Gasteiger partial charge on any atom is -0.481 e. The molecule has 0 aromatic carbocycles. The zero-order valence-electron chi connectivity index (χ0n) is 11.8. The van der Waals surface area contributed by atoms with Crippen LogP contribution in [0.15, 0.2) is 0 Å². The van der Waals surface area contributed by atoms with Crippen molar-refractivity contribution in [3.63, 3.8) is 0 Å². The van der Waals surface area contributed by atoms with Crippen LogP contribution >= 0.6 is 0 Å². The van der Waals surface area contributed by atoms with Crippen LogP contribution in [0, 0.1) is 5.92 Å². The molecule has 3 atom stereocenters. The number of rotatable bonds is 5. The summed E-state index contributed by atoms with van der Waals surface area (Å²) in [7, 11) is 4.85. The van der Waals surface area contributed by atoms with Gasteiger partial charge in [-0.1, -0.05) is 0 Å². The molecule has 0 aromatic heterocycles. The number of likely N-dealkylation sites (N-methyl/N-ethyl adjacent to an activating group) is 2. The first-order valence-corrected chi connectivity index (χ1v) is 6.19. The van der Waals surface area contributed by atoms with Gasteiger partial charge in [0.2, 0.25) is 0 Å². The highest BCUT2D eigenvalue weighted by molar-refractivity contribution is 5.77. The van der Waals surface area contributed by atoms with E-state index in [4.69, 9.17) is 14.6 Å². The Bertz CT molecular complexity index is 336. The highest BCUT2D eigenvalue weighted by atomic mass is 16.5. The van der Waals surface area contributed by atoms with Crippen molar-refractivity contribution in [3.05, 3.63) is 0 Å². The van der Waals surface area contributed by atoms with Gasteiger partial charge in [0.05, 0.1) is 31.9 Å². The second-order valence-corrected chi connectivity index (χ2v) is 4.86. The van der Waals surface area contributed by atoms with Gasteiger partial charge in [0.15, 0.2) is 0 Å². The lowest BCUT2D eigenvalue weighted by Crippen LogP contribution is -2.51. The molecule has 1 rings (SSSR count). The maximum absolute atomic E-state index is 12.3. The average Bonchev–Trinajstić information content (AvgIpc) is 2.85. The van der Waals surface area contributed by atoms with Gasteiger partial charge < -0.3 is 24.4 Å². The third-order valence-corrected chi connectivity index (χ3v) is 3.54. The molecular formula is C12H22N2O5. The Labute approximate surface area is 113 Å². The molecule has 0 radical (unpaired) electrons. The summed E-state index contributed by atoms with van der Waals surface area (Å²) in [6.45, 7) is 2.70. The maximum Gasteiger partial charge on any atom is 0.320 e. The summed E-state index contributed by atoms with van der Waals surface area (Å²) in [4.78, 5) is 26.3. The second kappa shape index (κ2) is 6.72. The molecule has 1 aliphatic heterocycles. The standard InChI is InChI=1S/C12H22N2O5/c1-8(5-18-4)13(2)12(17)14(3)10-7-19-6-9(10)11(15)16/h8-10H,5-7H2,1-4H3,(H,15,16). The molecule has 1 N–H and O–H groups in total. The van der Waals surface area contributed by atoms with Gasteiger partial charge >= 0.3 is 12.0 Å². The van der Waals surface area contributed by atoms with Crippen molar-refractivity contribution in [3.8, 4) is 0 Å². The summed E-state index contributed by atoms with van der Waals surface area (Å²) in [6.07, 6.45) is 0. The molecule has 0 saturated carbocycles. The first-order valence-electron chi connectivity index (χ1n) is 6.19. The molecule has 2 amide bonds. The normalized spacial score (nSPS) is 24.0. The predicted octanol–water partition coefficient (Wildman–Crippen LogP) is 0.105. The van der Waals surface area contributed by atoms with Crippen LogP contribution in [0.1, 0.15) is 6.92 Å². The number of carboxylic acids is 1. The third kappa shape index (κ3) is 3.57. The van der Waals surface area contributed by atoms with E-state index < -0.39 is 17.9 Å². The van der Waals surface area contributed by atoms with Crippen LogP contribution in [0.4, 0.5) is 4.79 Å². The second-order valence-electron chi connectivity index (χ2n) is 4.86. The van der Waals surface area contributed by atoms with Crippen LogP contribution in [0.2, 0.25) is 0 Å². The monoisotopic (exact) mass is 274 g/mol. The number of methoxy groups -OCH3 is 1. The van der Waals surface area contributed by atoms with Crippen molar-refractivity contribution in [1.82, 2.24) is 9.80 Å². The van der Waals surface area contributed by atoms with Gasteiger partial charge in [-0.25, -0.2) is 4.79 Å². The summed E-state index contributed by atoms with van der Waals surface area (Å²) in [5, 5.41) is 9.09. The van der Waals surface area contributed by atoms with E-state index in [1.807, 2.05) is 6.92 Å². The molecule has 0 aliphatic carbocycles. The number of amides is 2. The van der Waals surface area contributed by atoms with E-state index >= 15 is 0 Å². The minimum absolute atomic E-state index is 0.0782. The summed E-state index contributed by atoms with van der Waals surface area (Å²) in [6, 6.07) is -0.737. The van der Waals surface area contributed by atoms with Crippen molar-refractivity contribution < 1.29 is 24.2 Å². The minimum atomic E-state index is -0.935. The lowest BCUT2D eigenvalue weighted by atomic mass is 10.0. The molecule has 1 aliphatic rings. The zero-order valence-corrected chi connectivity index (χ0v) is 11.8. The van der Waals surface area contributed by atoms with E-state index in [-0.39, 0.29) is 25.3 Å². The molecule has 0 aromatic rings. The fourth-order valence-corrected chi connectivity index (χ4v) is 2.09. The number of carboxylic acid groups (broad SMARTS) is 1. The van der Waals surface area contributed by atoms with Crippen LogP contribution in [-0.2, 0) is 14.3 Å². The quantitative estimate of drug-likeness (QED) is 0.769. The lowest BCUT2D eigenvalue weighted by molar-refractivity contribution is -0.142. The van der Waals surface area contributed by atoms with E-state index in [0.29, 0.717) is 6.61 Å². The van der Waals surface area contributed by atoms with Crippen molar-refractivity contribution in [1.29, 1.82) is 0 Å². The number of carbonyl (C=O) groups excluding carboxylic acids is 1. The summed E-state index contributed by atoms with van der Waals surface area (Å²) in [5.41, 5.74) is 0. The van der Waals surface area contributed by atoms with Crippen LogP contribution in [0.3, 0.4) is 0 Å². The molecule has 19 heavy (non-hydrogen) atoms. The van der Waals surface area contributed by atoms with Crippen molar-refractivity contribution in [2.75, 3.05) is 41.0 Å². The van der Waals surface area contributed by atoms with Gasteiger partial charge in [-0.3, -0.25) is 4.79 Å². The zero-order chi connectivity index (χ0) is 14.6. The smallest absolute Gasteiger partial charge is 0.320 e. The van der Waals surface area contributed by atoms with Crippen molar-refractivity contribution >= 4 is 12.0 Å². The number of hydrogen-bond donors (Lipinski definition) is 1. The molecular weight excluding hydrogens is 252 g/mol. The molecule has 1 fully saturated rings. The maximum atomic E-state index is 12.3. The fourth-order valence-electron chi connectivity index (χ4n) is 2.09. The molecule has 0 bridgehead atoms. The summed E-state index contributed by atoms with van der Waals surface area (Å²) < 4.78 is 10.2. The molecule has 1 saturated heterocycles. The van der Waals surface area contributed by atoms with Gasteiger partial charge in [0.1, 0.15) is 5.92 Å². The van der Waals surface area contributed by atoms with Crippen LogP contribution in [-0.4, -0.2) is 80.0 Å². The Morgan fingerprint density at radius 2 is 2.05 bits per heavy atom. The Morgan fingerprint density at radius 3 is 2.58 bits per heavy atom. The predicted molar refractivity (Wildman–Crippen MR) is 68.0 cm³/mol. The SMILES string of the molecule is COCC(C)N(C)C(=O)N(C)C1COCC1C(=O)O. The number of nitrogens with zero attached hydrogens (tertiary/aromatic N) is 2. The van der Waals surface area contributed by atoms with Crippen LogP contribution in [0.5, 0.6) is 0 Å². The van der Waals surface area contributed by atoms with Gasteiger partial charge in [0.25, 0.3) is 0 Å². The topological polar surface area (TPSA) is 79.3 Å². The molecule has 0 spiro atoms. The molecule has 7 heteroatoms. The van der Waals surface area contributed by atoms with E-state index in [0.717, 1.165) is 0 Å². The lowest BCUT2D eigenvalue weighted by Gasteiger charge is -2.33. The number of hydrogen-bond acceptors (Lipinski definition) is 4. The molecule has 3 unspecified atom stereocenters. The van der Waals surface area contributed by atoms with Gasteiger partial charge in [-0.15, -0.1) is 0 Å². The Morgan fingerprint density at radius 1 is 1.42 bits per heavy atom. The van der Waals surface area contributed by atoms with E-state index in [1.54, 1.807) is 26.1 Å². The average molecular weight is 274 g/mol. The van der Waals surface area contributed by atoms with E-state index in [1.165, 1.54) is 4.90 Å². The summed E-state index contributed by atoms with van der Waals surface area (Å²) >= 11 is 0. The first kappa shape index (κ1) is 15.7. The number of ether oxygens (including phenoxy) is 2. The van der Waals surface area contributed by atoms with Gasteiger partial charge in [-0.2, -0.15) is 0 Å². The molecule has 7 nitrogen and oxygen atoms in total. The largest absolute Gasteiger partial charge is 0.481 e. The van der Waals surface area contributed by atoms with E-state index in [2.05, 4.69) is 0 Å². The highest BCUT2D eigenvalue weighted by Crippen LogP contribution is 2.20. The Hall–Kier alpha value is -1.34. The third-order valence-electron chi connectivity index (χ3n) is 3.54. The van der Waals surface area contributed by atoms with Gasteiger partial charge in [0, 0.05) is 21.2 Å². The number of aliphatic carboxylic acids is 1. The van der Waals surface area contributed by atoms with Crippen molar-refractivity contribution in [2.24, 2.45) is 5.92 Å². The molecule has 110 valence electrons. The van der Waals surface area contributed by atoms with Crippen molar-refractivity contribution in [2.45, 2.75) is 19.0 Å². The summed E-state index contributed by atoms with van der Waals surface area (Å²) in [5.74, 6) is -1.60. The number of urea groups is 1. The van der Waals surface area contributed by atoms with E-state index in [9.17, 15) is 9.59 Å². The number of carbonyl (C=O) groups is 2. The van der Waals surface area contributed by atoms with Crippen LogP contribution < -0.4 is 0 Å². The Balaban J connectivity index is 2.68. The van der Waals surface area contributed by atoms with Gasteiger partial charge in [-0.05, 0) is 6.92 Å². The van der Waals surface area contributed by atoms with Crippen LogP contribution in [0.25, 0.3) is 0 Å². The highest BCUT2D eigenvalue weighted by Gasteiger charge is 2.39. The Kier molecular flexibility index (Phi) is 5.56. The fraction of sp³-hybridized carbons (Fsp3) is 0.833.